The Balaban J connectivity index is 1.42. The van der Waals surface area contributed by atoms with Gasteiger partial charge in [0.1, 0.15) is 6.04 Å². The zero-order valence-electron chi connectivity index (χ0n) is 17.7. The van der Waals surface area contributed by atoms with Crippen molar-refractivity contribution < 1.29 is 18.0 Å². The normalized spacial score (nSPS) is 17.7. The molecular weight excluding hydrogens is 497 g/mol. The van der Waals surface area contributed by atoms with Crippen molar-refractivity contribution in [3.63, 3.8) is 0 Å². The highest BCUT2D eigenvalue weighted by Gasteiger charge is 2.38. The summed E-state index contributed by atoms with van der Waals surface area (Å²) in [6.45, 7) is 0.772. The van der Waals surface area contributed by atoms with Crippen LogP contribution in [0.15, 0.2) is 71.9 Å². The summed E-state index contributed by atoms with van der Waals surface area (Å²) in [6, 6.07) is 14.6. The summed E-state index contributed by atoms with van der Waals surface area (Å²) >= 11 is 11.9. The van der Waals surface area contributed by atoms with Crippen molar-refractivity contribution in [2.75, 3.05) is 0 Å². The molecule has 0 aromatic heterocycles. The van der Waals surface area contributed by atoms with E-state index in [1.54, 1.807) is 4.90 Å². The molecule has 0 bridgehead atoms. The van der Waals surface area contributed by atoms with E-state index >= 15 is 0 Å². The number of nitrogens with one attached hydrogen (secondary N) is 1. The number of hydrogen-bond acceptors (Lipinski definition) is 4. The van der Waals surface area contributed by atoms with Crippen molar-refractivity contribution in [3.8, 4) is 0 Å². The van der Waals surface area contributed by atoms with Gasteiger partial charge in [0.05, 0.1) is 21.4 Å². The Morgan fingerprint density at radius 2 is 1.68 bits per heavy atom. The molecule has 5 rings (SSSR count). The highest BCUT2D eigenvalue weighted by molar-refractivity contribution is 7.89. The van der Waals surface area contributed by atoms with E-state index in [9.17, 15) is 18.0 Å². The lowest BCUT2D eigenvalue weighted by Gasteiger charge is -2.34. The zero-order valence-corrected chi connectivity index (χ0v) is 20.1. The van der Waals surface area contributed by atoms with Crippen LogP contribution in [0.1, 0.15) is 17.5 Å². The predicted octanol–water partition coefficient (Wildman–Crippen LogP) is 4.04. The average molecular weight is 516 g/mol. The molecule has 2 amide bonds. The van der Waals surface area contributed by atoms with E-state index in [1.807, 2.05) is 36.4 Å². The summed E-state index contributed by atoms with van der Waals surface area (Å²) in [4.78, 5) is 27.5. The lowest BCUT2D eigenvalue weighted by Crippen LogP contribution is -2.51. The maximum Gasteiger partial charge on any atom is 0.264 e. The Labute approximate surface area is 206 Å². The van der Waals surface area contributed by atoms with Gasteiger partial charge in [0.25, 0.3) is 10.0 Å². The zero-order chi connectivity index (χ0) is 24.0. The highest BCUT2D eigenvalue weighted by atomic mass is 35.5. The van der Waals surface area contributed by atoms with Crippen LogP contribution in [-0.2, 0) is 32.7 Å². The summed E-state index contributed by atoms with van der Waals surface area (Å²) in [5, 5.41) is 5.03. The molecule has 0 unspecified atom stereocenters. The Kier molecular flexibility index (Phi) is 5.75. The van der Waals surface area contributed by atoms with E-state index in [2.05, 4.69) is 5.32 Å². The summed E-state index contributed by atoms with van der Waals surface area (Å²) < 4.78 is 27.6. The lowest BCUT2D eigenvalue weighted by molar-refractivity contribution is -0.136. The van der Waals surface area contributed by atoms with Gasteiger partial charge in [0.2, 0.25) is 11.8 Å². The fourth-order valence-electron chi connectivity index (χ4n) is 4.40. The lowest BCUT2D eigenvalue weighted by atomic mass is 9.95. The van der Waals surface area contributed by atoms with Gasteiger partial charge in [0, 0.05) is 25.5 Å². The second-order valence-corrected chi connectivity index (χ2v) is 10.8. The first kappa shape index (κ1) is 22.7. The Hall–Kier alpha value is -3.07. The summed E-state index contributed by atoms with van der Waals surface area (Å²) in [6.07, 6.45) is 2.16. The third-order valence-corrected chi connectivity index (χ3v) is 8.56. The number of nitrogens with zero attached hydrogens (tertiary/aromatic N) is 2. The first-order valence-electron chi connectivity index (χ1n) is 10.5. The van der Waals surface area contributed by atoms with Crippen molar-refractivity contribution in [2.24, 2.45) is 0 Å². The van der Waals surface area contributed by atoms with Gasteiger partial charge in [-0.3, -0.25) is 13.9 Å². The second kappa shape index (κ2) is 8.61. The Morgan fingerprint density at radius 1 is 1.00 bits per heavy atom. The van der Waals surface area contributed by atoms with E-state index < -0.39 is 22.0 Å². The first-order chi connectivity index (χ1) is 16.3. The van der Waals surface area contributed by atoms with E-state index in [0.29, 0.717) is 13.1 Å². The van der Waals surface area contributed by atoms with Crippen molar-refractivity contribution in [2.45, 2.75) is 30.4 Å². The molecule has 2 aliphatic rings. The van der Waals surface area contributed by atoms with Crippen molar-refractivity contribution in [1.29, 1.82) is 0 Å². The molecule has 0 aliphatic carbocycles. The van der Waals surface area contributed by atoms with Crippen LogP contribution in [0.2, 0.25) is 10.0 Å². The number of hydrogen-bond donors (Lipinski definition) is 1. The number of rotatable bonds is 4. The van der Waals surface area contributed by atoms with Crippen LogP contribution in [0.5, 0.6) is 0 Å². The van der Waals surface area contributed by atoms with Gasteiger partial charge in [-0.1, -0.05) is 59.6 Å². The van der Waals surface area contributed by atoms with Gasteiger partial charge in [-0.05, 0) is 40.1 Å². The van der Waals surface area contributed by atoms with E-state index in [-0.39, 0.29) is 27.3 Å². The largest absolute Gasteiger partial charge is 0.334 e. The van der Waals surface area contributed by atoms with Gasteiger partial charge in [0.15, 0.2) is 0 Å². The topological polar surface area (TPSA) is 86.8 Å². The quantitative estimate of drug-likeness (QED) is 0.567. The van der Waals surface area contributed by atoms with Gasteiger partial charge < -0.3 is 10.2 Å². The summed E-state index contributed by atoms with van der Waals surface area (Å²) in [7, 11) is -4.17. The third-order valence-electron chi connectivity index (χ3n) is 6.04. The molecule has 1 N–H and O–H groups in total. The van der Waals surface area contributed by atoms with Crippen LogP contribution >= 0.6 is 23.2 Å². The second-order valence-electron chi connectivity index (χ2n) is 8.14. The number of amides is 2. The van der Waals surface area contributed by atoms with Gasteiger partial charge in [-0.2, -0.15) is 0 Å². The van der Waals surface area contributed by atoms with E-state index in [4.69, 9.17) is 23.2 Å². The van der Waals surface area contributed by atoms with E-state index in [1.165, 1.54) is 30.6 Å². The fraction of sp³-hybridized carbons (Fsp3) is 0.167. The van der Waals surface area contributed by atoms with Gasteiger partial charge in [-0.25, -0.2) is 8.42 Å². The van der Waals surface area contributed by atoms with Crippen LogP contribution in [0, 0.1) is 0 Å². The Morgan fingerprint density at radius 3 is 2.32 bits per heavy atom. The molecule has 10 heteroatoms. The molecule has 0 saturated heterocycles. The van der Waals surface area contributed by atoms with Gasteiger partial charge >= 0.3 is 0 Å². The van der Waals surface area contributed by atoms with Crippen LogP contribution in [0.4, 0.5) is 0 Å². The molecule has 3 aromatic carbocycles. The molecule has 0 fully saturated rings. The SMILES string of the molecule is O=C1NC=CN(S(=O)(=O)c2ccc(Cl)c(Cl)c2)[C@@H]1CC(=O)N1Cc2cccc3cccc(c23)C1. The fourth-order valence-corrected chi connectivity index (χ4v) is 6.24. The minimum atomic E-state index is -4.17. The Bertz CT molecular complexity index is 1430. The van der Waals surface area contributed by atoms with Crippen LogP contribution < -0.4 is 5.32 Å². The molecule has 1 atom stereocenters. The molecule has 0 spiro atoms. The van der Waals surface area contributed by atoms with Crippen molar-refractivity contribution >= 4 is 55.8 Å². The van der Waals surface area contributed by atoms with Crippen LogP contribution in [-0.4, -0.2) is 35.5 Å². The first-order valence-corrected chi connectivity index (χ1v) is 12.7. The maximum atomic E-state index is 13.3. The van der Waals surface area contributed by atoms with Crippen molar-refractivity contribution in [3.05, 3.63) is 88.2 Å². The maximum absolute atomic E-state index is 13.3. The number of halogens is 2. The molecule has 0 saturated carbocycles. The average Bonchev–Trinajstić information content (AvgIpc) is 2.82. The number of sulfonamides is 1. The summed E-state index contributed by atoms with van der Waals surface area (Å²) in [5.74, 6) is -0.907. The molecule has 2 heterocycles. The smallest absolute Gasteiger partial charge is 0.264 e. The molecule has 2 aliphatic heterocycles. The molecule has 34 heavy (non-hydrogen) atoms. The minimum Gasteiger partial charge on any atom is -0.334 e. The molecule has 174 valence electrons. The van der Waals surface area contributed by atoms with Crippen LogP contribution in [0.25, 0.3) is 10.8 Å². The van der Waals surface area contributed by atoms with Crippen molar-refractivity contribution in [1.82, 2.24) is 14.5 Å². The molecule has 0 radical (unpaired) electrons. The monoisotopic (exact) mass is 515 g/mol. The summed E-state index contributed by atoms with van der Waals surface area (Å²) in [5.41, 5.74) is 2.03. The molecule has 7 nitrogen and oxygen atoms in total. The highest BCUT2D eigenvalue weighted by Crippen LogP contribution is 2.32. The van der Waals surface area contributed by atoms with Gasteiger partial charge in [-0.15, -0.1) is 0 Å². The van der Waals surface area contributed by atoms with Crippen LogP contribution in [0.3, 0.4) is 0 Å². The number of benzene rings is 3. The number of carbonyl (C=O) groups is 2. The molecular formula is C24H19Cl2N3O4S. The predicted molar refractivity (Wildman–Crippen MR) is 129 cm³/mol. The number of carbonyl (C=O) groups excluding carboxylic acids is 2. The third kappa shape index (κ3) is 3.91. The minimum absolute atomic E-state index is 0.0713. The van der Waals surface area contributed by atoms with E-state index in [0.717, 1.165) is 26.2 Å². The molecule has 3 aromatic rings. The standard InChI is InChI=1S/C24H19Cl2N3O4S/c25-19-8-7-18(11-20(19)26)34(32,33)29-10-9-27-24(31)21(29)12-22(30)28-13-16-5-1-3-15-4-2-6-17(14-28)23(15)16/h1-11,21H,12-14H2,(H,27,31)/t21-/m1/s1.